The summed E-state index contributed by atoms with van der Waals surface area (Å²) in [4.78, 5) is 37.6. The number of epoxide rings is 1. The van der Waals surface area contributed by atoms with Gasteiger partial charge in [-0.2, -0.15) is 0 Å². The van der Waals surface area contributed by atoms with Crippen molar-refractivity contribution in [2.75, 3.05) is 0 Å². The van der Waals surface area contributed by atoms with Crippen molar-refractivity contribution < 1.29 is 19.1 Å². The Hall–Kier alpha value is -1.03. The number of fused-ring (bicyclic) bond motifs is 4. The fourth-order valence-corrected chi connectivity index (χ4v) is 7.09. The van der Waals surface area contributed by atoms with E-state index in [0.29, 0.717) is 36.9 Å². The Morgan fingerprint density at radius 2 is 1.78 bits per heavy atom. The molecule has 0 N–H and O–H groups in total. The lowest BCUT2D eigenvalue weighted by Gasteiger charge is -2.57. The predicted octanol–water partition coefficient (Wildman–Crippen LogP) is 2.48. The summed E-state index contributed by atoms with van der Waals surface area (Å²) in [6, 6.07) is 0. The van der Waals surface area contributed by atoms with Crippen molar-refractivity contribution in [3.05, 3.63) is 0 Å². The monoisotopic (exact) mass is 316 g/mol. The van der Waals surface area contributed by atoms with Crippen LogP contribution in [-0.2, 0) is 19.1 Å². The zero-order valence-corrected chi connectivity index (χ0v) is 13.9. The van der Waals surface area contributed by atoms with Crippen molar-refractivity contribution in [1.82, 2.24) is 0 Å². The topological polar surface area (TPSA) is 63.7 Å². The summed E-state index contributed by atoms with van der Waals surface area (Å²) in [7, 11) is 0. The van der Waals surface area contributed by atoms with E-state index in [0.717, 1.165) is 25.7 Å². The normalized spacial score (nSPS) is 57.4. The van der Waals surface area contributed by atoms with Crippen molar-refractivity contribution in [3.63, 3.8) is 0 Å². The maximum absolute atomic E-state index is 13.1. The van der Waals surface area contributed by atoms with Crippen LogP contribution in [-0.4, -0.2) is 29.1 Å². The van der Waals surface area contributed by atoms with Crippen LogP contribution < -0.4 is 0 Å². The van der Waals surface area contributed by atoms with Gasteiger partial charge in [-0.3, -0.25) is 14.4 Å². The van der Waals surface area contributed by atoms with Crippen LogP contribution in [0.4, 0.5) is 0 Å². The lowest BCUT2D eigenvalue weighted by atomic mass is 9.44. The molecule has 4 aliphatic carbocycles. The fraction of sp³-hybridized carbons (Fsp3) is 0.842. The first-order valence-electron chi connectivity index (χ1n) is 9.10. The Morgan fingerprint density at radius 3 is 2.57 bits per heavy atom. The Balaban J connectivity index is 1.58. The quantitative estimate of drug-likeness (QED) is 0.644. The van der Waals surface area contributed by atoms with Crippen molar-refractivity contribution in [2.45, 2.75) is 70.5 Å². The molecular weight excluding hydrogens is 292 g/mol. The Morgan fingerprint density at radius 1 is 1.00 bits per heavy atom. The van der Waals surface area contributed by atoms with Gasteiger partial charge < -0.3 is 4.74 Å². The van der Waals surface area contributed by atoms with E-state index in [1.807, 2.05) is 6.92 Å². The van der Waals surface area contributed by atoms with Gasteiger partial charge in [0.05, 0.1) is 0 Å². The van der Waals surface area contributed by atoms with Crippen LogP contribution in [0.15, 0.2) is 0 Å². The molecule has 0 amide bonds. The molecule has 0 aromatic rings. The van der Waals surface area contributed by atoms with Gasteiger partial charge in [0, 0.05) is 36.0 Å². The summed E-state index contributed by atoms with van der Waals surface area (Å²) >= 11 is 0. The number of hydrogen-bond donors (Lipinski definition) is 0. The Bertz CT molecular complexity index is 654. The van der Waals surface area contributed by atoms with Gasteiger partial charge in [0.1, 0.15) is 23.3 Å². The Kier molecular flexibility index (Phi) is 2.46. The van der Waals surface area contributed by atoms with E-state index < -0.39 is 5.41 Å². The van der Waals surface area contributed by atoms with E-state index in [9.17, 15) is 14.4 Å². The molecule has 0 radical (unpaired) electrons. The average molecular weight is 316 g/mol. The fourth-order valence-electron chi connectivity index (χ4n) is 7.09. The van der Waals surface area contributed by atoms with Gasteiger partial charge in [-0.15, -0.1) is 0 Å². The van der Waals surface area contributed by atoms with Crippen molar-refractivity contribution in [2.24, 2.45) is 28.6 Å². The van der Waals surface area contributed by atoms with Gasteiger partial charge in [0.25, 0.3) is 0 Å². The number of rotatable bonds is 0. The molecular formula is C19H24O4. The maximum atomic E-state index is 13.1. The minimum absolute atomic E-state index is 0.0154. The van der Waals surface area contributed by atoms with Crippen LogP contribution in [0.3, 0.4) is 0 Å². The third-order valence-corrected chi connectivity index (χ3v) is 8.35. The highest BCUT2D eigenvalue weighted by atomic mass is 16.6. The van der Waals surface area contributed by atoms with Crippen LogP contribution in [0.5, 0.6) is 0 Å². The zero-order chi connectivity index (χ0) is 16.2. The van der Waals surface area contributed by atoms with Crippen LogP contribution in [0, 0.1) is 28.6 Å². The van der Waals surface area contributed by atoms with Crippen LogP contribution in [0.2, 0.25) is 0 Å². The second kappa shape index (κ2) is 3.96. The molecule has 0 aromatic heterocycles. The average Bonchev–Trinajstić information content (AvgIpc) is 3.17. The molecule has 0 aromatic carbocycles. The largest absolute Gasteiger partial charge is 0.357 e. The van der Waals surface area contributed by atoms with E-state index in [1.165, 1.54) is 0 Å². The summed E-state index contributed by atoms with van der Waals surface area (Å²) in [5, 5.41) is 0. The summed E-state index contributed by atoms with van der Waals surface area (Å²) in [6.45, 7) is 4.21. The number of ketones is 3. The van der Waals surface area contributed by atoms with E-state index >= 15 is 0 Å². The summed E-state index contributed by atoms with van der Waals surface area (Å²) in [5.41, 5.74) is -0.999. The van der Waals surface area contributed by atoms with Crippen LogP contribution in [0.25, 0.3) is 0 Å². The second-order valence-electron chi connectivity index (χ2n) is 9.08. The first-order valence-corrected chi connectivity index (χ1v) is 9.10. The maximum Gasteiger partial charge on any atom is 0.164 e. The SMILES string of the molecule is C[C@]12CC(=O)[C@H]3[C@@H](CC[C@@]45O[C@@H]4C(=O)CC[C@]35C)[C@@H]1CCC2=O. The van der Waals surface area contributed by atoms with Gasteiger partial charge in [-0.05, 0) is 37.5 Å². The molecule has 124 valence electrons. The smallest absolute Gasteiger partial charge is 0.164 e. The van der Waals surface area contributed by atoms with Gasteiger partial charge in [0.2, 0.25) is 0 Å². The minimum Gasteiger partial charge on any atom is -0.357 e. The molecule has 4 nitrogen and oxygen atoms in total. The van der Waals surface area contributed by atoms with Crippen molar-refractivity contribution in [3.8, 4) is 0 Å². The first-order chi connectivity index (χ1) is 10.8. The molecule has 5 aliphatic rings. The second-order valence-corrected chi connectivity index (χ2v) is 9.08. The molecule has 5 rings (SSSR count). The third-order valence-electron chi connectivity index (χ3n) is 8.35. The first kappa shape index (κ1) is 14.3. The molecule has 5 fully saturated rings. The minimum atomic E-state index is -0.423. The molecule has 4 heteroatoms. The number of hydrogen-bond acceptors (Lipinski definition) is 4. The van der Waals surface area contributed by atoms with Gasteiger partial charge in [0.15, 0.2) is 5.78 Å². The van der Waals surface area contributed by atoms with E-state index in [4.69, 9.17) is 4.74 Å². The molecule has 1 heterocycles. The molecule has 1 saturated heterocycles. The molecule has 0 unspecified atom stereocenters. The summed E-state index contributed by atoms with van der Waals surface area (Å²) < 4.78 is 5.97. The van der Waals surface area contributed by atoms with Gasteiger partial charge in [-0.25, -0.2) is 0 Å². The third kappa shape index (κ3) is 1.42. The van der Waals surface area contributed by atoms with Gasteiger partial charge >= 0.3 is 0 Å². The number of carbonyl (C=O) groups excluding carboxylic acids is 3. The van der Waals surface area contributed by atoms with Crippen molar-refractivity contribution in [1.29, 1.82) is 0 Å². The van der Waals surface area contributed by atoms with Gasteiger partial charge in [-0.1, -0.05) is 13.8 Å². The van der Waals surface area contributed by atoms with Crippen LogP contribution >= 0.6 is 0 Å². The highest BCUT2D eigenvalue weighted by molar-refractivity contribution is 5.96. The molecule has 1 spiro atoms. The Labute approximate surface area is 136 Å². The van der Waals surface area contributed by atoms with Crippen LogP contribution in [0.1, 0.15) is 58.8 Å². The summed E-state index contributed by atoms with van der Waals surface area (Å²) in [5.74, 6) is 1.42. The van der Waals surface area contributed by atoms with E-state index in [2.05, 4.69) is 6.92 Å². The van der Waals surface area contributed by atoms with E-state index in [1.54, 1.807) is 0 Å². The molecule has 7 atom stereocenters. The lowest BCUT2D eigenvalue weighted by Crippen LogP contribution is -2.61. The highest BCUT2D eigenvalue weighted by Gasteiger charge is 2.77. The summed E-state index contributed by atoms with van der Waals surface area (Å²) in [6.07, 6.45) is 4.86. The lowest BCUT2D eigenvalue weighted by molar-refractivity contribution is -0.160. The highest BCUT2D eigenvalue weighted by Crippen LogP contribution is 2.70. The molecule has 0 bridgehead atoms. The van der Waals surface area contributed by atoms with Crippen molar-refractivity contribution >= 4 is 17.3 Å². The molecule has 1 aliphatic heterocycles. The number of ether oxygens (including phenoxy) is 1. The zero-order valence-electron chi connectivity index (χ0n) is 13.9. The standard InChI is InChI=1S/C19H24O4/c1-17-9-13(21)15-10(11(17)3-4-14(17)22)5-8-19-16(23-19)12(20)6-7-18(15,19)2/h10-11,15-16H,3-9H2,1-2H3/t10-,11-,15+,16+,17-,18+,19+/m0/s1. The predicted molar refractivity (Wildman–Crippen MR) is 81.6 cm³/mol. The van der Waals surface area contributed by atoms with E-state index in [-0.39, 0.29) is 34.6 Å². The molecule has 23 heavy (non-hydrogen) atoms. The number of carbonyl (C=O) groups is 3. The molecule has 4 saturated carbocycles. The number of Topliss-reactive ketones (excluding diaryl/α,β-unsaturated/α-hetero) is 3.